The molecule has 1 aromatic heterocycles. The Hall–Kier alpha value is -0.640. The fraction of sp³-hybridized carbons (Fsp3) is 0.231. The maximum absolute atomic E-state index is 9.98. The van der Waals surface area contributed by atoms with Crippen LogP contribution in [0.3, 0.4) is 0 Å². The zero-order valence-corrected chi connectivity index (χ0v) is 11.2. The highest BCUT2D eigenvalue weighted by molar-refractivity contribution is 9.11. The molecule has 1 atom stereocenters. The number of halogens is 1. The van der Waals surface area contributed by atoms with Crippen molar-refractivity contribution in [1.82, 2.24) is 0 Å². The largest absolute Gasteiger partial charge is 0.388 e. The Labute approximate surface area is 108 Å². The van der Waals surface area contributed by atoms with Crippen LogP contribution in [0.2, 0.25) is 0 Å². The molecule has 0 aliphatic rings. The fourth-order valence-corrected chi connectivity index (χ4v) is 2.84. The summed E-state index contributed by atoms with van der Waals surface area (Å²) in [6.07, 6.45) is 1.32. The van der Waals surface area contributed by atoms with Crippen LogP contribution in [0.15, 0.2) is 45.6 Å². The molecule has 2 rings (SSSR count). The molecule has 0 radical (unpaired) electrons. The molecular weight excluding hydrogens is 284 g/mol. The molecule has 84 valence electrons. The van der Waals surface area contributed by atoms with Crippen LogP contribution in [0.25, 0.3) is 0 Å². The first-order valence-electron chi connectivity index (χ1n) is 5.21. The minimum Gasteiger partial charge on any atom is -0.388 e. The van der Waals surface area contributed by atoms with Gasteiger partial charge in [0.05, 0.1) is 9.89 Å². The molecule has 0 aliphatic heterocycles. The quantitative estimate of drug-likeness (QED) is 0.897. The fourth-order valence-electron chi connectivity index (χ4n) is 1.61. The third-order valence-electron chi connectivity index (χ3n) is 2.52. The number of hydrogen-bond donors (Lipinski definition) is 1. The second kappa shape index (κ2) is 5.62. The van der Waals surface area contributed by atoms with Crippen LogP contribution in [-0.2, 0) is 6.42 Å². The molecule has 0 bridgehead atoms. The molecule has 1 unspecified atom stereocenters. The van der Waals surface area contributed by atoms with E-state index in [0.29, 0.717) is 0 Å². The molecule has 0 saturated heterocycles. The zero-order chi connectivity index (χ0) is 11.4. The van der Waals surface area contributed by atoms with Crippen molar-refractivity contribution >= 4 is 27.3 Å². The van der Waals surface area contributed by atoms with Crippen molar-refractivity contribution in [2.75, 3.05) is 0 Å². The second-order valence-electron chi connectivity index (χ2n) is 3.72. The summed E-state index contributed by atoms with van der Waals surface area (Å²) in [6, 6.07) is 12.2. The molecule has 0 spiro atoms. The van der Waals surface area contributed by atoms with E-state index in [1.54, 1.807) is 11.3 Å². The van der Waals surface area contributed by atoms with Crippen LogP contribution in [0.1, 0.15) is 23.7 Å². The van der Waals surface area contributed by atoms with E-state index in [0.717, 1.165) is 22.2 Å². The van der Waals surface area contributed by atoms with Gasteiger partial charge in [-0.05, 0) is 51.3 Å². The molecule has 1 nitrogen and oxygen atoms in total. The number of hydrogen-bond acceptors (Lipinski definition) is 2. The van der Waals surface area contributed by atoms with Crippen LogP contribution in [0, 0.1) is 0 Å². The van der Waals surface area contributed by atoms with Gasteiger partial charge in [-0.3, -0.25) is 0 Å². The molecule has 0 fully saturated rings. The standard InChI is InChI=1S/C13H13BrOS/c14-13-8-11(9-16-13)12(15)7-6-10-4-2-1-3-5-10/h1-5,8-9,12,15H,6-7H2. The van der Waals surface area contributed by atoms with Crippen molar-refractivity contribution < 1.29 is 5.11 Å². The molecule has 1 N–H and O–H groups in total. The van der Waals surface area contributed by atoms with Gasteiger partial charge in [0.1, 0.15) is 0 Å². The van der Waals surface area contributed by atoms with Gasteiger partial charge >= 0.3 is 0 Å². The highest BCUT2D eigenvalue weighted by Gasteiger charge is 2.09. The van der Waals surface area contributed by atoms with Crippen LogP contribution >= 0.6 is 27.3 Å². The molecule has 2 aromatic rings. The van der Waals surface area contributed by atoms with Gasteiger partial charge in [-0.1, -0.05) is 30.3 Å². The second-order valence-corrected chi connectivity index (χ2v) is 6.01. The molecule has 3 heteroatoms. The topological polar surface area (TPSA) is 20.2 Å². The summed E-state index contributed by atoms with van der Waals surface area (Å²) in [5, 5.41) is 12.0. The zero-order valence-electron chi connectivity index (χ0n) is 8.77. The Morgan fingerprint density at radius 2 is 2.00 bits per heavy atom. The summed E-state index contributed by atoms with van der Waals surface area (Å²) >= 11 is 5.01. The Kier molecular flexibility index (Phi) is 4.16. The number of aliphatic hydroxyl groups excluding tert-OH is 1. The molecular formula is C13H13BrOS. The van der Waals surface area contributed by atoms with Gasteiger partial charge in [0, 0.05) is 0 Å². The van der Waals surface area contributed by atoms with E-state index in [4.69, 9.17) is 0 Å². The van der Waals surface area contributed by atoms with Crippen molar-refractivity contribution in [1.29, 1.82) is 0 Å². The van der Waals surface area contributed by atoms with E-state index < -0.39 is 0 Å². The highest BCUT2D eigenvalue weighted by Crippen LogP contribution is 2.27. The van der Waals surface area contributed by atoms with Crippen LogP contribution < -0.4 is 0 Å². The number of thiophene rings is 1. The van der Waals surface area contributed by atoms with Gasteiger partial charge in [-0.15, -0.1) is 11.3 Å². The molecule has 1 aromatic carbocycles. The van der Waals surface area contributed by atoms with E-state index in [-0.39, 0.29) is 6.10 Å². The number of aryl methyl sites for hydroxylation is 1. The third-order valence-corrected chi connectivity index (χ3v) is 4.04. The normalized spacial score (nSPS) is 12.6. The predicted molar refractivity (Wildman–Crippen MR) is 71.7 cm³/mol. The molecule has 0 amide bonds. The van der Waals surface area contributed by atoms with Crippen molar-refractivity contribution in [3.05, 3.63) is 56.7 Å². The Morgan fingerprint density at radius 3 is 2.62 bits per heavy atom. The highest BCUT2D eigenvalue weighted by atomic mass is 79.9. The van der Waals surface area contributed by atoms with E-state index in [1.807, 2.05) is 29.6 Å². The van der Waals surface area contributed by atoms with Gasteiger partial charge in [0.15, 0.2) is 0 Å². The smallest absolute Gasteiger partial charge is 0.0801 e. The van der Waals surface area contributed by atoms with Crippen molar-refractivity contribution in [2.45, 2.75) is 18.9 Å². The lowest BCUT2D eigenvalue weighted by Gasteiger charge is -2.08. The lowest BCUT2D eigenvalue weighted by Crippen LogP contribution is -1.97. The maximum atomic E-state index is 9.98. The summed E-state index contributed by atoms with van der Waals surface area (Å²) in [5.41, 5.74) is 2.28. The number of aliphatic hydroxyl groups is 1. The van der Waals surface area contributed by atoms with Crippen molar-refractivity contribution in [3.63, 3.8) is 0 Å². The van der Waals surface area contributed by atoms with Crippen LogP contribution in [0.5, 0.6) is 0 Å². The summed E-state index contributed by atoms with van der Waals surface area (Å²) < 4.78 is 1.07. The Bertz CT molecular complexity index is 438. The average molecular weight is 297 g/mol. The molecule has 16 heavy (non-hydrogen) atoms. The maximum Gasteiger partial charge on any atom is 0.0801 e. The lowest BCUT2D eigenvalue weighted by atomic mass is 10.0. The minimum atomic E-state index is -0.359. The van der Waals surface area contributed by atoms with Gasteiger partial charge < -0.3 is 5.11 Å². The first kappa shape index (κ1) is 11.8. The number of benzene rings is 1. The van der Waals surface area contributed by atoms with E-state index in [1.165, 1.54) is 5.56 Å². The Morgan fingerprint density at radius 1 is 1.25 bits per heavy atom. The van der Waals surface area contributed by atoms with Crippen molar-refractivity contribution in [3.8, 4) is 0 Å². The van der Waals surface area contributed by atoms with Gasteiger partial charge in [0.2, 0.25) is 0 Å². The average Bonchev–Trinajstić information content (AvgIpc) is 2.74. The minimum absolute atomic E-state index is 0.359. The van der Waals surface area contributed by atoms with E-state index in [2.05, 4.69) is 28.1 Å². The summed E-state index contributed by atoms with van der Waals surface area (Å²) in [6.45, 7) is 0. The van der Waals surface area contributed by atoms with Gasteiger partial charge in [0.25, 0.3) is 0 Å². The first-order chi connectivity index (χ1) is 7.75. The molecule has 0 saturated carbocycles. The predicted octanol–water partition coefficient (Wildman–Crippen LogP) is 4.18. The summed E-state index contributed by atoms with van der Waals surface area (Å²) in [7, 11) is 0. The first-order valence-corrected chi connectivity index (χ1v) is 6.89. The molecule has 0 aliphatic carbocycles. The van der Waals surface area contributed by atoms with Crippen LogP contribution in [-0.4, -0.2) is 5.11 Å². The molecule has 1 heterocycles. The third kappa shape index (κ3) is 3.17. The van der Waals surface area contributed by atoms with Crippen molar-refractivity contribution in [2.24, 2.45) is 0 Å². The SMILES string of the molecule is OC(CCc1ccccc1)c1csc(Br)c1. The number of rotatable bonds is 4. The van der Waals surface area contributed by atoms with Gasteiger partial charge in [-0.2, -0.15) is 0 Å². The van der Waals surface area contributed by atoms with E-state index >= 15 is 0 Å². The Balaban J connectivity index is 1.91. The lowest BCUT2D eigenvalue weighted by molar-refractivity contribution is 0.168. The van der Waals surface area contributed by atoms with Gasteiger partial charge in [-0.25, -0.2) is 0 Å². The summed E-state index contributed by atoms with van der Waals surface area (Å²) in [4.78, 5) is 0. The summed E-state index contributed by atoms with van der Waals surface area (Å²) in [5.74, 6) is 0. The monoisotopic (exact) mass is 296 g/mol. The van der Waals surface area contributed by atoms with Crippen LogP contribution in [0.4, 0.5) is 0 Å². The van der Waals surface area contributed by atoms with E-state index in [9.17, 15) is 5.11 Å².